The Morgan fingerprint density at radius 3 is 2.22 bits per heavy atom. The zero-order valence-corrected chi connectivity index (χ0v) is 23.1. The highest BCUT2D eigenvalue weighted by Crippen LogP contribution is 2.56. The highest BCUT2D eigenvalue weighted by molar-refractivity contribution is 7.54. The lowest BCUT2D eigenvalue weighted by molar-refractivity contribution is -0.122. The first kappa shape index (κ1) is 26.9. The van der Waals surface area contributed by atoms with Crippen molar-refractivity contribution in [2.45, 2.75) is 17.5 Å². The van der Waals surface area contributed by atoms with Crippen molar-refractivity contribution >= 4 is 52.8 Å². The third-order valence-corrected chi connectivity index (χ3v) is 9.59. The molecule has 6 rings (SSSR count). The van der Waals surface area contributed by atoms with Crippen LogP contribution in [0.3, 0.4) is 0 Å². The topological polar surface area (TPSA) is 98.2 Å². The fraction of sp³-hybridized carbons (Fsp3) is 0.152. The van der Waals surface area contributed by atoms with Gasteiger partial charge in [-0.15, -0.1) is 0 Å². The van der Waals surface area contributed by atoms with Gasteiger partial charge in [0.1, 0.15) is 0 Å². The summed E-state index contributed by atoms with van der Waals surface area (Å²) >= 11 is 0. The monoisotopic (exact) mass is 564 g/mol. The van der Waals surface area contributed by atoms with Crippen molar-refractivity contribution in [1.29, 1.82) is 0 Å². The van der Waals surface area contributed by atoms with Crippen molar-refractivity contribution in [3.63, 3.8) is 0 Å². The molecule has 2 atom stereocenters. The summed E-state index contributed by atoms with van der Waals surface area (Å²) in [5.74, 6) is -0.924. The Balaban J connectivity index is 1.47. The van der Waals surface area contributed by atoms with Gasteiger partial charge in [-0.05, 0) is 46.3 Å². The number of hydrogen-bond acceptors (Lipinski definition) is 4. The Labute approximate surface area is 237 Å². The average Bonchev–Trinajstić information content (AvgIpc) is 3.42. The quantitative estimate of drug-likeness (QED) is 0.189. The number of benzene rings is 5. The highest BCUT2D eigenvalue weighted by atomic mass is 31.2. The molecule has 2 N–H and O–H groups in total. The van der Waals surface area contributed by atoms with E-state index in [9.17, 15) is 23.9 Å². The van der Waals surface area contributed by atoms with Crippen LogP contribution in [0.1, 0.15) is 12.0 Å². The maximum Gasteiger partial charge on any atom is 0.338 e. The summed E-state index contributed by atoms with van der Waals surface area (Å²) in [5.41, 5.74) is -1.21. The van der Waals surface area contributed by atoms with E-state index in [0.29, 0.717) is 24.9 Å². The Kier molecular flexibility index (Phi) is 6.96. The van der Waals surface area contributed by atoms with Gasteiger partial charge in [-0.25, -0.2) is 0 Å². The van der Waals surface area contributed by atoms with Crippen molar-refractivity contribution in [2.24, 2.45) is 0 Å². The van der Waals surface area contributed by atoms with Gasteiger partial charge in [0.2, 0.25) is 12.3 Å². The summed E-state index contributed by atoms with van der Waals surface area (Å²) in [6.45, 7) is 0.667. The fourth-order valence-electron chi connectivity index (χ4n) is 6.31. The standard InChI is InChI=1S/C33H29N2O5P/c36-23-35(28-18-17-24-9-4-5-11-26(24)21-28)32(37)31(41(38,39)40)33(27-13-2-1-3-14-27)19-20-34(22-33)30-16-8-12-25-10-6-7-15-29(25)30/h1-18,21,23,31H,19-20,22H2,(H2,38,39,40). The molecule has 7 nitrogen and oxygen atoms in total. The molecule has 0 bridgehead atoms. The maximum absolute atomic E-state index is 14.3. The molecule has 0 aliphatic carbocycles. The minimum atomic E-state index is -5.09. The molecule has 0 spiro atoms. The Morgan fingerprint density at radius 1 is 0.829 bits per heavy atom. The van der Waals surface area contributed by atoms with Crippen LogP contribution in [0.5, 0.6) is 0 Å². The Morgan fingerprint density at radius 2 is 1.49 bits per heavy atom. The molecular formula is C33H29N2O5P. The number of fused-ring (bicyclic) bond motifs is 2. The van der Waals surface area contributed by atoms with Gasteiger partial charge in [0.25, 0.3) is 0 Å². The minimum Gasteiger partial charge on any atom is -0.370 e. The summed E-state index contributed by atoms with van der Waals surface area (Å²) in [6.07, 6.45) is 0.664. The lowest BCUT2D eigenvalue weighted by atomic mass is 9.75. The minimum absolute atomic E-state index is 0.191. The van der Waals surface area contributed by atoms with Crippen LogP contribution in [-0.2, 0) is 19.6 Å². The molecule has 206 valence electrons. The molecule has 1 aliphatic heterocycles. The molecule has 1 heterocycles. The lowest BCUT2D eigenvalue weighted by Crippen LogP contribution is -2.52. The van der Waals surface area contributed by atoms with Crippen molar-refractivity contribution in [3.05, 3.63) is 121 Å². The van der Waals surface area contributed by atoms with Crippen LogP contribution in [0.2, 0.25) is 0 Å². The molecule has 2 unspecified atom stereocenters. The van der Waals surface area contributed by atoms with E-state index in [-0.39, 0.29) is 12.2 Å². The first-order valence-electron chi connectivity index (χ1n) is 13.4. The Bertz CT molecular complexity index is 1800. The second-order valence-corrected chi connectivity index (χ2v) is 12.2. The van der Waals surface area contributed by atoms with E-state index in [2.05, 4.69) is 4.90 Å². The third-order valence-electron chi connectivity index (χ3n) is 8.20. The van der Waals surface area contributed by atoms with Gasteiger partial charge in [0.05, 0.1) is 5.69 Å². The number of hydrogen-bond donors (Lipinski definition) is 2. The zero-order valence-electron chi connectivity index (χ0n) is 22.2. The van der Waals surface area contributed by atoms with Crippen LogP contribution in [0.4, 0.5) is 11.4 Å². The number of nitrogens with zero attached hydrogens (tertiary/aromatic N) is 2. The van der Waals surface area contributed by atoms with Crippen LogP contribution in [0, 0.1) is 0 Å². The van der Waals surface area contributed by atoms with Crippen LogP contribution >= 0.6 is 7.60 Å². The fourth-order valence-corrected chi connectivity index (χ4v) is 7.73. The largest absolute Gasteiger partial charge is 0.370 e. The molecule has 1 aliphatic rings. The van der Waals surface area contributed by atoms with Crippen molar-refractivity contribution < 1.29 is 23.9 Å². The number of anilines is 2. The summed E-state index contributed by atoms with van der Waals surface area (Å²) in [6, 6.07) is 35.6. The summed E-state index contributed by atoms with van der Waals surface area (Å²) in [5, 5.41) is 3.79. The van der Waals surface area contributed by atoms with Crippen molar-refractivity contribution in [3.8, 4) is 0 Å². The molecule has 0 aromatic heterocycles. The number of carbonyl (C=O) groups excluding carboxylic acids is 2. The number of rotatable bonds is 7. The van der Waals surface area contributed by atoms with Gasteiger partial charge in [-0.2, -0.15) is 0 Å². The maximum atomic E-state index is 14.3. The first-order valence-corrected chi connectivity index (χ1v) is 15.1. The summed E-state index contributed by atoms with van der Waals surface area (Å²) < 4.78 is 13.4. The van der Waals surface area contributed by atoms with Gasteiger partial charge in [0.15, 0.2) is 5.66 Å². The predicted octanol–water partition coefficient (Wildman–Crippen LogP) is 5.88. The molecule has 1 saturated heterocycles. The van der Waals surface area contributed by atoms with Gasteiger partial charge in [0, 0.05) is 29.6 Å². The number of carbonyl (C=O) groups is 2. The Hall–Kier alpha value is -4.29. The van der Waals surface area contributed by atoms with Crippen molar-refractivity contribution in [1.82, 2.24) is 0 Å². The summed E-state index contributed by atoms with van der Waals surface area (Å²) in [7, 11) is -5.09. The summed E-state index contributed by atoms with van der Waals surface area (Å²) in [4.78, 5) is 51.4. The van der Waals surface area contributed by atoms with Crippen molar-refractivity contribution in [2.75, 3.05) is 22.9 Å². The van der Waals surface area contributed by atoms with Crippen LogP contribution < -0.4 is 9.80 Å². The number of amides is 2. The molecule has 0 saturated carbocycles. The molecular weight excluding hydrogens is 535 g/mol. The SMILES string of the molecule is O=CN(C(=O)C(C1(c2ccccc2)CCN(c2cccc3ccccc23)C1)P(=O)(O)O)c1ccc2ccccc2c1. The van der Waals surface area contributed by atoms with Gasteiger partial charge < -0.3 is 14.7 Å². The smallest absolute Gasteiger partial charge is 0.338 e. The second kappa shape index (κ2) is 10.6. The van der Waals surface area contributed by atoms with E-state index in [4.69, 9.17) is 0 Å². The molecule has 5 aromatic carbocycles. The zero-order chi connectivity index (χ0) is 28.6. The van der Waals surface area contributed by atoms with Crippen LogP contribution in [0.25, 0.3) is 21.5 Å². The molecule has 8 heteroatoms. The second-order valence-electron chi connectivity index (χ2n) is 10.5. The van der Waals surface area contributed by atoms with Gasteiger partial charge in [-0.3, -0.25) is 19.1 Å². The first-order chi connectivity index (χ1) is 19.8. The average molecular weight is 565 g/mol. The lowest BCUT2D eigenvalue weighted by Gasteiger charge is -2.39. The van der Waals surface area contributed by atoms with E-state index in [1.807, 2.05) is 84.9 Å². The van der Waals surface area contributed by atoms with Crippen LogP contribution in [0.15, 0.2) is 115 Å². The van der Waals surface area contributed by atoms with Gasteiger partial charge in [-0.1, -0.05) is 97.1 Å². The predicted molar refractivity (Wildman–Crippen MR) is 162 cm³/mol. The van der Waals surface area contributed by atoms with E-state index >= 15 is 0 Å². The van der Waals surface area contributed by atoms with Gasteiger partial charge >= 0.3 is 7.60 Å². The molecule has 41 heavy (non-hydrogen) atoms. The van der Waals surface area contributed by atoms with E-state index in [0.717, 1.165) is 32.1 Å². The highest BCUT2D eigenvalue weighted by Gasteiger charge is 2.57. The third kappa shape index (κ3) is 4.82. The van der Waals surface area contributed by atoms with E-state index < -0.39 is 24.6 Å². The molecule has 2 amide bonds. The molecule has 1 fully saturated rings. The normalized spacial score (nSPS) is 18.0. The van der Waals surface area contributed by atoms with E-state index in [1.165, 1.54) is 0 Å². The number of imide groups is 1. The molecule has 5 aromatic rings. The van der Waals surface area contributed by atoms with E-state index in [1.54, 1.807) is 30.3 Å². The van der Waals surface area contributed by atoms with Crippen LogP contribution in [-0.4, -0.2) is 40.9 Å². The molecule has 0 radical (unpaired) electrons.